The Kier molecular flexibility index (Phi) is 16.0. The van der Waals surface area contributed by atoms with Crippen molar-refractivity contribution in [2.24, 2.45) is 23.7 Å². The van der Waals surface area contributed by atoms with Crippen LogP contribution in [0.25, 0.3) is 0 Å². The van der Waals surface area contributed by atoms with Gasteiger partial charge in [-0.15, -0.1) is 0 Å². The van der Waals surface area contributed by atoms with Crippen molar-refractivity contribution in [2.45, 2.75) is 128 Å². The van der Waals surface area contributed by atoms with Crippen LogP contribution in [0.4, 0.5) is 0 Å². The average Bonchev–Trinajstić information content (AvgIpc) is 3.20. The molecule has 0 radical (unpaired) electrons. The van der Waals surface area contributed by atoms with E-state index in [2.05, 4.69) is 113 Å². The van der Waals surface area contributed by atoms with Crippen LogP contribution >= 0.6 is 0 Å². The molecule has 2 aromatic rings. The van der Waals surface area contributed by atoms with E-state index in [0.717, 1.165) is 69.1 Å². The molecule has 3 N–H and O–H groups in total. The Balaban J connectivity index is 0.000000237. The Bertz CT molecular complexity index is 1940. The maximum absolute atomic E-state index is 12.0. The Morgan fingerprint density at radius 1 is 0.689 bits per heavy atom. The maximum atomic E-state index is 12.0. The van der Waals surface area contributed by atoms with Crippen LogP contribution in [-0.2, 0) is 17.3 Å². The Morgan fingerprint density at radius 3 is 1.44 bits per heavy atom. The van der Waals surface area contributed by atoms with Crippen molar-refractivity contribution < 1.29 is 38.7 Å². The smallest absolute Gasteiger partial charge is 0.193 e. The number of rotatable bonds is 10. The summed E-state index contributed by atoms with van der Waals surface area (Å²) in [5.41, 5.74) is 2.81. The van der Waals surface area contributed by atoms with Gasteiger partial charge in [-0.3, -0.25) is 9.80 Å². The van der Waals surface area contributed by atoms with E-state index < -0.39 is 19.5 Å². The minimum Gasteiger partial charge on any atom is -0.493 e. The van der Waals surface area contributed by atoms with Gasteiger partial charge in [-0.25, -0.2) is 0 Å². The van der Waals surface area contributed by atoms with Gasteiger partial charge in [0.2, 0.25) is 0 Å². The van der Waals surface area contributed by atoms with E-state index in [-0.39, 0.29) is 35.6 Å². The Hall–Kier alpha value is -3.26. The number of hydrogen-bond donors (Lipinski definition) is 3. The molecule has 4 aliphatic rings. The first kappa shape index (κ1) is 48.8. The van der Waals surface area contributed by atoms with Crippen molar-refractivity contribution in [3.8, 4) is 46.7 Å². The van der Waals surface area contributed by atoms with E-state index in [9.17, 15) is 15.3 Å². The zero-order chi connectivity index (χ0) is 44.9. The quantitative estimate of drug-likeness (QED) is 0.162. The van der Waals surface area contributed by atoms with Crippen LogP contribution in [0.15, 0.2) is 24.3 Å². The van der Waals surface area contributed by atoms with Crippen LogP contribution < -0.4 is 18.9 Å². The van der Waals surface area contributed by atoms with E-state index in [1.165, 1.54) is 22.3 Å². The van der Waals surface area contributed by atoms with Gasteiger partial charge in [0.05, 0.1) is 35.0 Å². The van der Waals surface area contributed by atoms with Crippen molar-refractivity contribution in [2.75, 3.05) is 67.8 Å². The van der Waals surface area contributed by atoms with Gasteiger partial charge in [0.15, 0.2) is 31.3 Å². The minimum atomic E-state index is -1.87. The molecule has 0 bridgehead atoms. The van der Waals surface area contributed by atoms with E-state index >= 15 is 0 Å². The largest absolute Gasteiger partial charge is 0.493 e. The number of hydrogen-bond acceptors (Lipinski definition) is 10. The molecule has 10 nitrogen and oxygen atoms in total. The fourth-order valence-corrected chi connectivity index (χ4v) is 10.5. The number of aliphatic hydroxyl groups excluding tert-OH is 1. The van der Waals surface area contributed by atoms with Crippen molar-refractivity contribution in [3.63, 3.8) is 0 Å². The predicted octanol–water partition coefficient (Wildman–Crippen LogP) is 7.82. The molecule has 0 amide bonds. The first-order valence-corrected chi connectivity index (χ1v) is 25.3. The molecule has 0 spiro atoms. The third-order valence-electron chi connectivity index (χ3n) is 14.0. The van der Waals surface area contributed by atoms with E-state index in [0.29, 0.717) is 37.0 Å². The highest BCUT2D eigenvalue weighted by Crippen LogP contribution is 2.49. The molecule has 6 rings (SSSR count). The summed E-state index contributed by atoms with van der Waals surface area (Å²) in [6.07, 6.45) is 4.95. The fraction of sp³-hybridized carbons (Fsp3) is 0.680. The third kappa shape index (κ3) is 11.1. The number of ether oxygens (including phenoxy) is 4. The van der Waals surface area contributed by atoms with Gasteiger partial charge in [0, 0.05) is 62.9 Å². The molecule has 0 saturated carbocycles. The highest BCUT2D eigenvalue weighted by molar-refractivity contribution is 6.74. The summed E-state index contributed by atoms with van der Waals surface area (Å²) in [4.78, 5) is 5.00. The van der Waals surface area contributed by atoms with Gasteiger partial charge in [-0.2, -0.15) is 0 Å². The molecule has 2 fully saturated rings. The molecule has 6 atom stereocenters. The number of aliphatic hydroxyl groups is 3. The van der Waals surface area contributed by atoms with Crippen LogP contribution in [0, 0.1) is 47.4 Å². The van der Waals surface area contributed by atoms with Crippen LogP contribution in [0.5, 0.6) is 23.0 Å². The molecular formula is C50H76N2O8Si. The number of piperidine rings is 2. The summed E-state index contributed by atoms with van der Waals surface area (Å²) in [5, 5.41) is 32.7. The van der Waals surface area contributed by atoms with Crippen molar-refractivity contribution >= 4 is 8.32 Å². The summed E-state index contributed by atoms with van der Waals surface area (Å²) in [7, 11) is 4.78. The van der Waals surface area contributed by atoms with Crippen LogP contribution in [-0.4, -0.2) is 112 Å². The molecule has 338 valence electrons. The summed E-state index contributed by atoms with van der Waals surface area (Å²) in [6, 6.07) is 8.52. The average molecular weight is 861 g/mol. The summed E-state index contributed by atoms with van der Waals surface area (Å²) < 4.78 is 28.4. The minimum absolute atomic E-state index is 0.0782. The van der Waals surface area contributed by atoms with Crippen molar-refractivity contribution in [1.29, 1.82) is 0 Å². The maximum Gasteiger partial charge on any atom is 0.193 e. The van der Waals surface area contributed by atoms with Crippen LogP contribution in [0.2, 0.25) is 18.1 Å². The second-order valence-electron chi connectivity index (χ2n) is 20.1. The first-order chi connectivity index (χ1) is 28.7. The van der Waals surface area contributed by atoms with Crippen LogP contribution in [0.3, 0.4) is 0 Å². The topological polar surface area (TPSA) is 113 Å². The second kappa shape index (κ2) is 20.1. The van der Waals surface area contributed by atoms with Gasteiger partial charge in [-0.1, -0.05) is 72.1 Å². The van der Waals surface area contributed by atoms with Crippen molar-refractivity contribution in [3.05, 3.63) is 46.5 Å². The number of methoxy groups -OCH3 is 4. The number of fused-ring (bicyclic) bond motifs is 6. The molecule has 0 aromatic heterocycles. The van der Waals surface area contributed by atoms with Gasteiger partial charge in [-0.05, 0) is 102 Å². The summed E-state index contributed by atoms with van der Waals surface area (Å²) in [6.45, 7) is 23.7. The highest BCUT2D eigenvalue weighted by Gasteiger charge is 2.49. The third-order valence-corrected chi connectivity index (χ3v) is 18.5. The molecule has 4 heterocycles. The summed E-state index contributed by atoms with van der Waals surface area (Å²) in [5.74, 6) is 16.4. The fourth-order valence-electron chi connectivity index (χ4n) is 9.66. The molecule has 0 aliphatic carbocycles. The standard InChI is InChI=1S/C28H45NO4Si.C22H31NO4/c1-20(2)15-22-19-29-13-11-21-16-25(31-6)26(32-7)17-23(21)24(29)18-28(22,30)12-10-14-33-34(8,9)27(3,4)5;1-15(2)10-17-14-23-8-6-16-11-20(26-3)21(27-4)12-18(16)19(23)13-22(17,25)7-5-9-24/h16-17,20,22,24,30H,11,13-15,18-19H2,1-9H3;11-12,15,17,19,24-25H,6,8-10,13-14H2,1-4H3/t22-,24-,28-;17-,19-,22-/m11/s1. The molecule has 0 unspecified atom stereocenters. The predicted molar refractivity (Wildman–Crippen MR) is 246 cm³/mol. The number of benzene rings is 2. The lowest BCUT2D eigenvalue weighted by atomic mass is 9.71. The lowest BCUT2D eigenvalue weighted by molar-refractivity contribution is -0.0650. The van der Waals surface area contributed by atoms with E-state index in [1.807, 2.05) is 6.07 Å². The van der Waals surface area contributed by atoms with E-state index in [4.69, 9.17) is 23.4 Å². The monoisotopic (exact) mass is 861 g/mol. The number of nitrogens with zero attached hydrogens (tertiary/aromatic N) is 2. The van der Waals surface area contributed by atoms with E-state index in [1.54, 1.807) is 28.4 Å². The van der Waals surface area contributed by atoms with Gasteiger partial charge < -0.3 is 38.7 Å². The lowest BCUT2D eigenvalue weighted by Gasteiger charge is -2.50. The lowest BCUT2D eigenvalue weighted by Crippen LogP contribution is -2.54. The first-order valence-electron chi connectivity index (χ1n) is 22.4. The molecule has 61 heavy (non-hydrogen) atoms. The van der Waals surface area contributed by atoms with Gasteiger partial charge >= 0.3 is 0 Å². The second-order valence-corrected chi connectivity index (χ2v) is 24.9. The molecular weight excluding hydrogens is 785 g/mol. The Labute approximate surface area is 368 Å². The zero-order valence-corrected chi connectivity index (χ0v) is 40.5. The zero-order valence-electron chi connectivity index (χ0n) is 39.5. The Morgan fingerprint density at radius 2 is 1.08 bits per heavy atom. The van der Waals surface area contributed by atoms with Gasteiger partial charge in [0.1, 0.15) is 17.8 Å². The van der Waals surface area contributed by atoms with Gasteiger partial charge in [0.25, 0.3) is 0 Å². The normalized spacial score (nSPS) is 26.2. The van der Waals surface area contributed by atoms with Crippen LogP contribution in [0.1, 0.15) is 108 Å². The molecule has 11 heteroatoms. The molecule has 4 aliphatic heterocycles. The van der Waals surface area contributed by atoms with Crippen molar-refractivity contribution in [1.82, 2.24) is 9.80 Å². The molecule has 2 aromatic carbocycles. The SMILES string of the molecule is COc1cc2c(cc1OC)[C@H]1C[C@](O)(C#CCO)[C@H](CC(C)C)CN1CC2.COc1cc2c(cc1OC)[C@H]1C[C@](O)(C#CCO[Si](C)(C)C(C)(C)C)[C@H](CC(C)C)CN1CC2. The summed E-state index contributed by atoms with van der Waals surface area (Å²) >= 11 is 0. The molecule has 2 saturated heterocycles. The highest BCUT2D eigenvalue weighted by atomic mass is 28.4.